The maximum Gasteiger partial charge on any atom is 0.303 e. The maximum atomic E-state index is 11.8. The summed E-state index contributed by atoms with van der Waals surface area (Å²) in [5.41, 5.74) is 0.274. The smallest absolute Gasteiger partial charge is 0.303 e. The van der Waals surface area contributed by atoms with Gasteiger partial charge in [-0.05, 0) is 12.3 Å². The van der Waals surface area contributed by atoms with Gasteiger partial charge >= 0.3 is 5.97 Å². The Kier molecular flexibility index (Phi) is 2.89. The lowest BCUT2D eigenvalue weighted by Crippen LogP contribution is -2.29. The van der Waals surface area contributed by atoms with Crippen molar-refractivity contribution in [3.63, 3.8) is 0 Å². The molecule has 1 amide bonds. The maximum absolute atomic E-state index is 11.8. The van der Waals surface area contributed by atoms with Gasteiger partial charge in [-0.15, -0.1) is 0 Å². The number of carbonyl (C=O) groups is 2. The zero-order valence-corrected chi connectivity index (χ0v) is 8.63. The van der Waals surface area contributed by atoms with Crippen LogP contribution in [0.1, 0.15) is 23.3 Å². The fraction of sp³-hybridized carbons (Fsp3) is 0.500. The summed E-state index contributed by atoms with van der Waals surface area (Å²) in [5, 5.41) is 12.2. The highest BCUT2D eigenvalue weighted by Crippen LogP contribution is 2.20. The average molecular weight is 224 g/mol. The lowest BCUT2D eigenvalue weighted by Gasteiger charge is -2.13. The highest BCUT2D eigenvalue weighted by molar-refractivity contribution is 5.92. The molecule has 1 aliphatic rings. The molecule has 2 rings (SSSR count). The fourth-order valence-electron chi connectivity index (χ4n) is 1.92. The van der Waals surface area contributed by atoms with E-state index in [1.807, 2.05) is 0 Å². The van der Waals surface area contributed by atoms with E-state index in [0.29, 0.717) is 13.1 Å². The summed E-state index contributed by atoms with van der Waals surface area (Å²) >= 11 is 0. The molecule has 2 heterocycles. The van der Waals surface area contributed by atoms with Crippen LogP contribution in [0.4, 0.5) is 0 Å². The van der Waals surface area contributed by atoms with E-state index < -0.39 is 5.97 Å². The Morgan fingerprint density at radius 3 is 3.06 bits per heavy atom. The van der Waals surface area contributed by atoms with Crippen molar-refractivity contribution in [2.45, 2.75) is 12.8 Å². The van der Waals surface area contributed by atoms with Gasteiger partial charge in [0.15, 0.2) is 5.69 Å². The highest BCUT2D eigenvalue weighted by atomic mass is 16.5. The molecule has 1 N–H and O–H groups in total. The molecule has 1 fully saturated rings. The van der Waals surface area contributed by atoms with E-state index in [9.17, 15) is 9.59 Å². The van der Waals surface area contributed by atoms with Crippen molar-refractivity contribution < 1.29 is 19.2 Å². The molecule has 16 heavy (non-hydrogen) atoms. The number of hydrogen-bond donors (Lipinski definition) is 1. The second-order valence-corrected chi connectivity index (χ2v) is 3.89. The number of hydrogen-bond acceptors (Lipinski definition) is 4. The molecule has 1 atom stereocenters. The molecule has 0 saturated carbocycles. The van der Waals surface area contributed by atoms with E-state index in [4.69, 9.17) is 5.11 Å². The van der Waals surface area contributed by atoms with E-state index in [0.717, 1.165) is 6.42 Å². The van der Waals surface area contributed by atoms with E-state index in [2.05, 4.69) is 9.68 Å². The van der Waals surface area contributed by atoms with Crippen molar-refractivity contribution in [1.29, 1.82) is 0 Å². The summed E-state index contributed by atoms with van der Waals surface area (Å²) in [7, 11) is 0. The first-order valence-corrected chi connectivity index (χ1v) is 5.08. The van der Waals surface area contributed by atoms with Crippen molar-refractivity contribution in [2.75, 3.05) is 13.1 Å². The number of aliphatic carboxylic acids is 1. The van der Waals surface area contributed by atoms with Crippen LogP contribution in [0.15, 0.2) is 16.9 Å². The number of likely N-dealkylation sites (tertiary alicyclic amines) is 1. The molecule has 0 aromatic carbocycles. The Hall–Kier alpha value is -1.85. The lowest BCUT2D eigenvalue weighted by molar-refractivity contribution is -0.138. The third kappa shape index (κ3) is 2.21. The van der Waals surface area contributed by atoms with Gasteiger partial charge in [-0.2, -0.15) is 0 Å². The number of rotatable bonds is 3. The zero-order valence-electron chi connectivity index (χ0n) is 8.63. The Morgan fingerprint density at radius 1 is 1.62 bits per heavy atom. The molecule has 1 aromatic rings. The number of carboxylic acids is 1. The van der Waals surface area contributed by atoms with Gasteiger partial charge in [-0.25, -0.2) is 0 Å². The summed E-state index contributed by atoms with van der Waals surface area (Å²) < 4.78 is 4.59. The molecule has 86 valence electrons. The summed E-state index contributed by atoms with van der Waals surface area (Å²) in [6, 6.07) is 1.51. The van der Waals surface area contributed by atoms with Crippen molar-refractivity contribution in [3.05, 3.63) is 18.0 Å². The van der Waals surface area contributed by atoms with Gasteiger partial charge in [0.25, 0.3) is 5.91 Å². The van der Waals surface area contributed by atoms with Gasteiger partial charge in [0.1, 0.15) is 6.26 Å². The standard InChI is InChI=1S/C10H12N2O4/c13-9(14)5-7-1-3-12(6-7)10(15)8-2-4-16-11-8/h2,4,7H,1,3,5-6H2,(H,13,14). The monoisotopic (exact) mass is 224 g/mol. The molecule has 1 unspecified atom stereocenters. The number of amides is 1. The van der Waals surface area contributed by atoms with Gasteiger partial charge in [0, 0.05) is 25.6 Å². The largest absolute Gasteiger partial charge is 0.481 e. The molecule has 1 aliphatic heterocycles. The minimum Gasteiger partial charge on any atom is -0.481 e. The summed E-state index contributed by atoms with van der Waals surface area (Å²) in [5.74, 6) is -0.962. The molecule has 1 aromatic heterocycles. The van der Waals surface area contributed by atoms with Crippen LogP contribution in [0, 0.1) is 5.92 Å². The van der Waals surface area contributed by atoms with E-state index in [1.54, 1.807) is 4.90 Å². The quantitative estimate of drug-likeness (QED) is 0.813. The van der Waals surface area contributed by atoms with Crippen LogP contribution in [0.2, 0.25) is 0 Å². The first-order valence-electron chi connectivity index (χ1n) is 5.08. The second kappa shape index (κ2) is 4.34. The predicted octanol–water partition coefficient (Wildman–Crippen LogP) is 0.611. The minimum atomic E-state index is -0.819. The fourth-order valence-corrected chi connectivity index (χ4v) is 1.92. The minimum absolute atomic E-state index is 0.0494. The van der Waals surface area contributed by atoms with Crippen LogP contribution in [-0.4, -0.2) is 40.1 Å². The van der Waals surface area contributed by atoms with Crippen LogP contribution < -0.4 is 0 Å². The van der Waals surface area contributed by atoms with E-state index in [1.165, 1.54) is 12.3 Å². The summed E-state index contributed by atoms with van der Waals surface area (Å²) in [6.07, 6.45) is 2.19. The van der Waals surface area contributed by atoms with Crippen LogP contribution >= 0.6 is 0 Å². The molecule has 0 bridgehead atoms. The van der Waals surface area contributed by atoms with Gasteiger partial charge in [-0.3, -0.25) is 9.59 Å². The number of carbonyl (C=O) groups excluding carboxylic acids is 1. The highest BCUT2D eigenvalue weighted by Gasteiger charge is 2.29. The molecular weight excluding hydrogens is 212 g/mol. The van der Waals surface area contributed by atoms with Gasteiger partial charge in [0.2, 0.25) is 0 Å². The van der Waals surface area contributed by atoms with Crippen LogP contribution in [0.3, 0.4) is 0 Å². The Labute approximate surface area is 91.8 Å². The van der Waals surface area contributed by atoms with Crippen molar-refractivity contribution in [3.8, 4) is 0 Å². The Balaban J connectivity index is 1.94. The lowest BCUT2D eigenvalue weighted by atomic mass is 10.1. The normalized spacial score (nSPS) is 20.0. The molecule has 6 nitrogen and oxygen atoms in total. The second-order valence-electron chi connectivity index (χ2n) is 3.89. The third-order valence-electron chi connectivity index (χ3n) is 2.69. The molecule has 1 saturated heterocycles. The molecule has 0 aliphatic carbocycles. The van der Waals surface area contributed by atoms with E-state index in [-0.39, 0.29) is 23.9 Å². The Bertz CT molecular complexity index is 388. The van der Waals surface area contributed by atoms with Gasteiger partial charge in [0.05, 0.1) is 0 Å². The topological polar surface area (TPSA) is 83.6 Å². The molecule has 0 spiro atoms. The summed E-state index contributed by atoms with van der Waals surface area (Å²) in [6.45, 7) is 1.07. The number of aromatic nitrogens is 1. The van der Waals surface area contributed by atoms with Crippen LogP contribution in [0.5, 0.6) is 0 Å². The third-order valence-corrected chi connectivity index (χ3v) is 2.69. The van der Waals surface area contributed by atoms with Crippen molar-refractivity contribution in [2.24, 2.45) is 5.92 Å². The molecule has 6 heteroatoms. The number of carboxylic acid groups (broad SMARTS) is 1. The van der Waals surface area contributed by atoms with Crippen molar-refractivity contribution >= 4 is 11.9 Å². The molecule has 0 radical (unpaired) electrons. The number of nitrogens with zero attached hydrogens (tertiary/aromatic N) is 2. The van der Waals surface area contributed by atoms with Crippen LogP contribution in [-0.2, 0) is 4.79 Å². The zero-order chi connectivity index (χ0) is 11.5. The van der Waals surface area contributed by atoms with Gasteiger partial charge < -0.3 is 14.5 Å². The first-order chi connectivity index (χ1) is 7.66. The SMILES string of the molecule is O=C(O)CC1CCN(C(=O)c2ccon2)C1. The summed E-state index contributed by atoms with van der Waals surface area (Å²) in [4.78, 5) is 23.9. The van der Waals surface area contributed by atoms with Gasteiger partial charge in [-0.1, -0.05) is 5.16 Å². The van der Waals surface area contributed by atoms with Crippen molar-refractivity contribution in [1.82, 2.24) is 10.1 Å². The predicted molar refractivity (Wildman–Crippen MR) is 52.8 cm³/mol. The first kappa shape index (κ1) is 10.7. The molecular formula is C10H12N2O4. The Morgan fingerprint density at radius 2 is 2.44 bits per heavy atom. The average Bonchev–Trinajstić information content (AvgIpc) is 2.84. The van der Waals surface area contributed by atoms with Crippen LogP contribution in [0.25, 0.3) is 0 Å². The van der Waals surface area contributed by atoms with E-state index >= 15 is 0 Å².